The number of nitro groups is 1. The van der Waals surface area contributed by atoms with Gasteiger partial charge in [-0.3, -0.25) is 14.9 Å². The maximum Gasteiger partial charge on any atom is 0.306 e. The number of ether oxygens (including phenoxy) is 1. The van der Waals surface area contributed by atoms with Crippen LogP contribution in [0.3, 0.4) is 0 Å². The highest BCUT2D eigenvalue weighted by atomic mass is 32.2. The van der Waals surface area contributed by atoms with Crippen LogP contribution in [0.25, 0.3) is 0 Å². The third-order valence-electron chi connectivity index (χ3n) is 3.06. The Labute approximate surface area is 134 Å². The summed E-state index contributed by atoms with van der Waals surface area (Å²) in [6.07, 6.45) is 1.18. The lowest BCUT2D eigenvalue weighted by Crippen LogP contribution is -2.17. The van der Waals surface area contributed by atoms with Crippen molar-refractivity contribution < 1.29 is 22.9 Å². The zero-order valence-electron chi connectivity index (χ0n) is 13.2. The summed E-state index contributed by atoms with van der Waals surface area (Å²) < 4.78 is 27.8. The van der Waals surface area contributed by atoms with Gasteiger partial charge in [0, 0.05) is 25.3 Å². The van der Waals surface area contributed by atoms with Crippen LogP contribution < -0.4 is 5.32 Å². The first-order chi connectivity index (χ1) is 10.6. The van der Waals surface area contributed by atoms with Gasteiger partial charge in [-0.2, -0.15) is 0 Å². The predicted molar refractivity (Wildman–Crippen MR) is 85.1 cm³/mol. The number of anilines is 1. The first kappa shape index (κ1) is 18.9. The van der Waals surface area contributed by atoms with Crippen LogP contribution in [0.15, 0.2) is 23.1 Å². The molecule has 1 N–H and O–H groups in total. The maximum absolute atomic E-state index is 11.5. The Balaban J connectivity index is 2.84. The molecule has 0 amide bonds. The predicted octanol–water partition coefficient (Wildman–Crippen LogP) is 2.00. The second-order valence-corrected chi connectivity index (χ2v) is 7.22. The smallest absolute Gasteiger partial charge is 0.306 e. The number of sulfone groups is 1. The molecule has 0 saturated carbocycles. The number of nitrogens with zero attached hydrogens (tertiary/aromatic N) is 1. The summed E-state index contributed by atoms with van der Waals surface area (Å²) >= 11 is 0. The molecule has 0 radical (unpaired) electrons. The molecule has 0 saturated heterocycles. The van der Waals surface area contributed by atoms with E-state index in [0.717, 1.165) is 12.3 Å². The van der Waals surface area contributed by atoms with E-state index in [-0.39, 0.29) is 34.6 Å². The Morgan fingerprint density at radius 1 is 1.43 bits per heavy atom. The summed E-state index contributed by atoms with van der Waals surface area (Å²) in [5.41, 5.74) is -0.116. The number of benzene rings is 1. The molecule has 23 heavy (non-hydrogen) atoms. The van der Waals surface area contributed by atoms with Crippen molar-refractivity contribution >= 4 is 27.2 Å². The highest BCUT2D eigenvalue weighted by Crippen LogP contribution is 2.27. The third kappa shape index (κ3) is 5.85. The molecule has 0 fully saturated rings. The average molecular weight is 344 g/mol. The third-order valence-corrected chi connectivity index (χ3v) is 4.17. The lowest BCUT2D eigenvalue weighted by Gasteiger charge is -2.13. The average Bonchev–Trinajstić information content (AvgIpc) is 2.44. The van der Waals surface area contributed by atoms with Crippen molar-refractivity contribution in [1.82, 2.24) is 0 Å². The number of nitrogens with one attached hydrogen (secondary N) is 1. The van der Waals surface area contributed by atoms with Gasteiger partial charge in [0.05, 0.1) is 16.4 Å². The molecule has 1 rings (SSSR count). The van der Waals surface area contributed by atoms with Gasteiger partial charge in [0.15, 0.2) is 9.84 Å². The van der Waals surface area contributed by atoms with Crippen molar-refractivity contribution in [1.29, 1.82) is 0 Å². The summed E-state index contributed by atoms with van der Waals surface area (Å²) in [7, 11) is -3.52. The second-order valence-electron chi connectivity index (χ2n) is 5.20. The van der Waals surface area contributed by atoms with E-state index < -0.39 is 14.8 Å². The van der Waals surface area contributed by atoms with Gasteiger partial charge in [-0.25, -0.2) is 8.42 Å². The van der Waals surface area contributed by atoms with Gasteiger partial charge in [0.1, 0.15) is 5.69 Å². The number of carbonyl (C=O) groups is 1. The molecule has 0 heterocycles. The van der Waals surface area contributed by atoms with Crippen LogP contribution in [0.1, 0.15) is 20.3 Å². The molecular weight excluding hydrogens is 324 g/mol. The van der Waals surface area contributed by atoms with Crippen molar-refractivity contribution in [3.63, 3.8) is 0 Å². The Morgan fingerprint density at radius 3 is 2.61 bits per heavy atom. The molecule has 0 aliphatic heterocycles. The summed E-state index contributed by atoms with van der Waals surface area (Å²) in [6, 6.07) is 3.68. The molecule has 0 bridgehead atoms. The lowest BCUT2D eigenvalue weighted by atomic mass is 10.1. The Bertz CT molecular complexity index is 687. The molecule has 8 nitrogen and oxygen atoms in total. The van der Waals surface area contributed by atoms with Crippen LogP contribution in [0.5, 0.6) is 0 Å². The van der Waals surface area contributed by atoms with Gasteiger partial charge in [-0.05, 0) is 25.0 Å². The van der Waals surface area contributed by atoms with Crippen LogP contribution in [0.4, 0.5) is 11.4 Å². The van der Waals surface area contributed by atoms with Crippen molar-refractivity contribution in [3.05, 3.63) is 28.3 Å². The summed E-state index contributed by atoms with van der Waals surface area (Å²) in [4.78, 5) is 21.7. The zero-order chi connectivity index (χ0) is 17.6. The number of hydrogen-bond acceptors (Lipinski definition) is 7. The van der Waals surface area contributed by atoms with Crippen LogP contribution >= 0.6 is 0 Å². The Hall–Kier alpha value is -2.16. The minimum atomic E-state index is -3.52. The van der Waals surface area contributed by atoms with E-state index >= 15 is 0 Å². The molecule has 0 aliphatic rings. The minimum Gasteiger partial charge on any atom is -0.466 e. The fraction of sp³-hybridized carbons (Fsp3) is 0.500. The van der Waals surface area contributed by atoms with Gasteiger partial charge >= 0.3 is 5.97 Å². The van der Waals surface area contributed by atoms with Gasteiger partial charge < -0.3 is 10.1 Å². The molecule has 1 unspecified atom stereocenters. The normalized spacial score (nSPS) is 12.5. The first-order valence-electron chi connectivity index (χ1n) is 7.03. The standard InChI is InChI=1S/C14H20N2O6S/c1-4-22-14(17)7-10(2)9-15-12-6-5-11(23(3,20)21)8-13(12)16(18)19/h5-6,8,10,15H,4,7,9H2,1-3H3. The number of nitro benzene ring substituents is 1. The van der Waals surface area contributed by atoms with Crippen molar-refractivity contribution in [2.45, 2.75) is 25.2 Å². The Morgan fingerprint density at radius 2 is 2.09 bits per heavy atom. The van der Waals surface area contributed by atoms with Crippen molar-refractivity contribution in [3.8, 4) is 0 Å². The maximum atomic E-state index is 11.5. The fourth-order valence-corrected chi connectivity index (χ4v) is 2.54. The number of esters is 1. The number of rotatable bonds is 8. The van der Waals surface area contributed by atoms with Crippen molar-refractivity contribution in [2.75, 3.05) is 24.7 Å². The molecule has 1 aromatic rings. The second kappa shape index (κ2) is 7.91. The van der Waals surface area contributed by atoms with E-state index in [1.807, 2.05) is 0 Å². The molecule has 128 valence electrons. The van der Waals surface area contributed by atoms with E-state index in [1.165, 1.54) is 12.1 Å². The summed E-state index contributed by atoms with van der Waals surface area (Å²) in [5, 5.41) is 14.0. The molecule has 1 aromatic carbocycles. The van der Waals surface area contributed by atoms with E-state index in [0.29, 0.717) is 13.2 Å². The monoisotopic (exact) mass is 344 g/mol. The van der Waals surface area contributed by atoms with Gasteiger partial charge in [-0.1, -0.05) is 6.92 Å². The molecule has 0 aliphatic carbocycles. The molecule has 9 heteroatoms. The number of hydrogen-bond donors (Lipinski definition) is 1. The minimum absolute atomic E-state index is 0.0942. The molecule has 1 atom stereocenters. The highest BCUT2D eigenvalue weighted by molar-refractivity contribution is 7.90. The molecule has 0 aromatic heterocycles. The van der Waals surface area contributed by atoms with Gasteiger partial charge in [0.2, 0.25) is 0 Å². The molecule has 0 spiro atoms. The Kier molecular flexibility index (Phi) is 6.49. The quantitative estimate of drug-likeness (QED) is 0.435. The SMILES string of the molecule is CCOC(=O)CC(C)CNc1ccc(S(C)(=O)=O)cc1[N+](=O)[O-]. The highest BCUT2D eigenvalue weighted by Gasteiger charge is 2.19. The van der Waals surface area contributed by atoms with Crippen LogP contribution in [-0.4, -0.2) is 38.7 Å². The topological polar surface area (TPSA) is 116 Å². The largest absolute Gasteiger partial charge is 0.466 e. The molecular formula is C14H20N2O6S. The van der Waals surface area contributed by atoms with E-state index in [1.54, 1.807) is 13.8 Å². The number of carbonyl (C=O) groups excluding carboxylic acids is 1. The first-order valence-corrected chi connectivity index (χ1v) is 8.92. The summed E-state index contributed by atoms with van der Waals surface area (Å²) in [5.74, 6) is -0.424. The van der Waals surface area contributed by atoms with E-state index in [4.69, 9.17) is 4.74 Å². The van der Waals surface area contributed by atoms with Gasteiger partial charge in [-0.15, -0.1) is 0 Å². The van der Waals surface area contributed by atoms with Crippen LogP contribution in [0.2, 0.25) is 0 Å². The lowest BCUT2D eigenvalue weighted by molar-refractivity contribution is -0.384. The fourth-order valence-electron chi connectivity index (χ4n) is 1.90. The van der Waals surface area contributed by atoms with Gasteiger partial charge in [0.25, 0.3) is 5.69 Å². The van der Waals surface area contributed by atoms with Crippen LogP contribution in [-0.2, 0) is 19.4 Å². The van der Waals surface area contributed by atoms with E-state index in [9.17, 15) is 23.3 Å². The van der Waals surface area contributed by atoms with E-state index in [2.05, 4.69) is 5.32 Å². The zero-order valence-corrected chi connectivity index (χ0v) is 14.1. The van der Waals surface area contributed by atoms with Crippen molar-refractivity contribution in [2.24, 2.45) is 5.92 Å². The summed E-state index contributed by atoms with van der Waals surface area (Å²) in [6.45, 7) is 4.14. The van der Waals surface area contributed by atoms with Crippen LogP contribution in [0, 0.1) is 16.0 Å².